The summed E-state index contributed by atoms with van der Waals surface area (Å²) >= 11 is 0. The zero-order valence-electron chi connectivity index (χ0n) is 12.3. The van der Waals surface area contributed by atoms with E-state index in [9.17, 15) is 26.4 Å². The minimum absolute atomic E-state index is 0.0169. The molecule has 23 heavy (non-hydrogen) atoms. The van der Waals surface area contributed by atoms with Gasteiger partial charge in [0.15, 0.2) is 9.84 Å². The first-order chi connectivity index (χ1) is 10.6. The van der Waals surface area contributed by atoms with Crippen LogP contribution >= 0.6 is 0 Å². The Labute approximate surface area is 133 Å². The van der Waals surface area contributed by atoms with Crippen LogP contribution < -0.4 is 4.72 Å². The van der Waals surface area contributed by atoms with E-state index in [-0.39, 0.29) is 6.42 Å². The lowest BCUT2D eigenvalue weighted by Gasteiger charge is -2.09. The molecule has 0 atom stereocenters. The molecule has 0 aliphatic carbocycles. The van der Waals surface area contributed by atoms with Crippen LogP contribution in [0.3, 0.4) is 0 Å². The molecule has 0 heterocycles. The molecule has 0 saturated carbocycles. The number of hydrogen-bond donors (Lipinski definition) is 1. The van der Waals surface area contributed by atoms with E-state index in [0.29, 0.717) is 6.42 Å². The predicted octanol–water partition coefficient (Wildman–Crippen LogP) is 0.763. The lowest BCUT2D eigenvalue weighted by Crippen LogP contribution is -2.32. The van der Waals surface area contributed by atoms with Crippen molar-refractivity contribution in [3.05, 3.63) is 24.3 Å². The third-order valence-electron chi connectivity index (χ3n) is 2.42. The highest BCUT2D eigenvalue weighted by Gasteiger charge is 2.26. The van der Waals surface area contributed by atoms with Crippen molar-refractivity contribution in [2.24, 2.45) is 0 Å². The molecule has 0 saturated heterocycles. The zero-order valence-corrected chi connectivity index (χ0v) is 13.9. The van der Waals surface area contributed by atoms with Gasteiger partial charge >= 0.3 is 12.1 Å². The van der Waals surface area contributed by atoms with Gasteiger partial charge in [0.05, 0.1) is 4.90 Å². The highest BCUT2D eigenvalue weighted by atomic mass is 32.2. The largest absolute Gasteiger partial charge is 0.464 e. The number of sulfonamides is 1. The summed E-state index contributed by atoms with van der Waals surface area (Å²) in [7, 11) is -8.37. The molecule has 0 spiro atoms. The normalized spacial score (nSPS) is 11.6. The van der Waals surface area contributed by atoms with Gasteiger partial charge in [-0.2, -0.15) is 0 Å². The maximum Gasteiger partial charge on any atom is 0.464 e. The van der Waals surface area contributed by atoms with Gasteiger partial charge in [-0.25, -0.2) is 40.9 Å². The van der Waals surface area contributed by atoms with Crippen LogP contribution in [-0.2, 0) is 34.4 Å². The molecule has 1 rings (SSSR count). The quantitative estimate of drug-likeness (QED) is 0.597. The third-order valence-corrected chi connectivity index (χ3v) is 5.07. The van der Waals surface area contributed by atoms with Gasteiger partial charge in [-0.3, -0.25) is 0 Å². The van der Waals surface area contributed by atoms with Gasteiger partial charge in [0.25, 0.3) is 10.0 Å². The van der Waals surface area contributed by atoms with Crippen molar-refractivity contribution in [1.29, 1.82) is 0 Å². The number of sulfone groups is 1. The fourth-order valence-electron chi connectivity index (χ4n) is 1.49. The minimum atomic E-state index is -4.53. The summed E-state index contributed by atoms with van der Waals surface area (Å²) < 4.78 is 48.8. The molecule has 1 aromatic rings. The SMILES string of the molecule is CCCC(=O)OOC(=O)NS(=O)(=O)c1ccccc1S(C)(=O)=O. The smallest absolute Gasteiger partial charge is 0.247 e. The first-order valence-electron chi connectivity index (χ1n) is 6.31. The Balaban J connectivity index is 2.93. The molecule has 1 N–H and O–H groups in total. The van der Waals surface area contributed by atoms with Crippen molar-refractivity contribution >= 4 is 31.9 Å². The van der Waals surface area contributed by atoms with Gasteiger partial charge in [0.2, 0.25) is 0 Å². The molecule has 11 heteroatoms. The molecule has 0 fully saturated rings. The van der Waals surface area contributed by atoms with Crippen molar-refractivity contribution < 1.29 is 36.2 Å². The standard InChI is InChI=1S/C12H15NO8S2/c1-3-6-11(14)20-21-12(15)13-23(18,19)10-8-5-4-7-9(10)22(2,16)17/h4-5,7-8H,3,6H2,1-2H3,(H,13,15). The fourth-order valence-corrected chi connectivity index (χ4v) is 3.99. The first kappa shape index (κ1) is 18.9. The van der Waals surface area contributed by atoms with Crippen molar-refractivity contribution in [3.63, 3.8) is 0 Å². The van der Waals surface area contributed by atoms with Gasteiger partial charge in [-0.15, -0.1) is 0 Å². The van der Waals surface area contributed by atoms with Gasteiger partial charge in [0.1, 0.15) is 4.90 Å². The maximum absolute atomic E-state index is 12.1. The fraction of sp³-hybridized carbons (Fsp3) is 0.333. The number of nitrogens with one attached hydrogen (secondary N) is 1. The van der Waals surface area contributed by atoms with Crippen LogP contribution in [0.25, 0.3) is 0 Å². The molecule has 128 valence electrons. The van der Waals surface area contributed by atoms with Crippen molar-refractivity contribution in [3.8, 4) is 0 Å². The van der Waals surface area contributed by atoms with E-state index in [1.165, 1.54) is 16.9 Å². The number of amides is 1. The molecular weight excluding hydrogens is 350 g/mol. The Morgan fingerprint density at radius 2 is 1.61 bits per heavy atom. The van der Waals surface area contributed by atoms with Gasteiger partial charge in [0, 0.05) is 12.7 Å². The molecule has 0 aromatic heterocycles. The zero-order chi connectivity index (χ0) is 17.7. The monoisotopic (exact) mass is 365 g/mol. The molecule has 0 aliphatic rings. The number of carbonyl (C=O) groups excluding carboxylic acids is 2. The van der Waals surface area contributed by atoms with Gasteiger partial charge in [-0.1, -0.05) is 19.1 Å². The molecule has 9 nitrogen and oxygen atoms in total. The second-order valence-corrected chi connectivity index (χ2v) is 8.04. The number of rotatable bonds is 5. The summed E-state index contributed by atoms with van der Waals surface area (Å²) in [5.41, 5.74) is 0. The van der Waals surface area contributed by atoms with E-state index in [4.69, 9.17) is 0 Å². The highest BCUT2D eigenvalue weighted by molar-refractivity contribution is 7.93. The average molecular weight is 365 g/mol. The van der Waals surface area contributed by atoms with Crippen molar-refractivity contribution in [2.45, 2.75) is 29.6 Å². The summed E-state index contributed by atoms with van der Waals surface area (Å²) in [5.74, 6) is -0.850. The molecule has 0 unspecified atom stereocenters. The summed E-state index contributed by atoms with van der Waals surface area (Å²) in [4.78, 5) is 29.4. The summed E-state index contributed by atoms with van der Waals surface area (Å²) in [5, 5.41) is 0. The number of carbonyl (C=O) groups is 2. The van der Waals surface area contributed by atoms with Crippen molar-refractivity contribution in [2.75, 3.05) is 6.26 Å². The number of benzene rings is 1. The van der Waals surface area contributed by atoms with E-state index in [2.05, 4.69) is 9.78 Å². The van der Waals surface area contributed by atoms with Crippen LogP contribution in [-0.4, -0.2) is 35.2 Å². The molecule has 0 radical (unpaired) electrons. The van der Waals surface area contributed by atoms with Gasteiger partial charge in [-0.05, 0) is 18.6 Å². The Bertz CT molecular complexity index is 798. The van der Waals surface area contributed by atoms with Crippen LogP contribution in [0, 0.1) is 0 Å². The Morgan fingerprint density at radius 3 is 2.13 bits per heavy atom. The van der Waals surface area contributed by atoms with Crippen LogP contribution in [0.15, 0.2) is 34.1 Å². The average Bonchev–Trinajstić information content (AvgIpc) is 2.44. The highest BCUT2D eigenvalue weighted by Crippen LogP contribution is 2.20. The second-order valence-electron chi connectivity index (χ2n) is 4.40. The summed E-state index contributed by atoms with van der Waals surface area (Å²) in [6.45, 7) is 1.69. The van der Waals surface area contributed by atoms with E-state index in [1.54, 1.807) is 6.92 Å². The van der Waals surface area contributed by atoms with Crippen LogP contribution in [0.4, 0.5) is 4.79 Å². The lowest BCUT2D eigenvalue weighted by molar-refractivity contribution is -0.231. The first-order valence-corrected chi connectivity index (χ1v) is 9.68. The molecule has 1 aromatic carbocycles. The van der Waals surface area contributed by atoms with Gasteiger partial charge < -0.3 is 0 Å². The lowest BCUT2D eigenvalue weighted by atomic mass is 10.3. The van der Waals surface area contributed by atoms with Crippen LogP contribution in [0.1, 0.15) is 19.8 Å². The number of hydrogen-bond acceptors (Lipinski definition) is 8. The van der Waals surface area contributed by atoms with E-state index in [0.717, 1.165) is 18.4 Å². The summed E-state index contributed by atoms with van der Waals surface area (Å²) in [6, 6.07) is 4.71. The van der Waals surface area contributed by atoms with Crippen LogP contribution in [0.5, 0.6) is 0 Å². The Kier molecular flexibility index (Phi) is 6.10. The van der Waals surface area contributed by atoms with E-state index in [1.807, 2.05) is 0 Å². The second kappa shape index (κ2) is 7.42. The van der Waals surface area contributed by atoms with Crippen LogP contribution in [0.2, 0.25) is 0 Å². The molecule has 1 amide bonds. The van der Waals surface area contributed by atoms with E-state index < -0.39 is 41.7 Å². The summed E-state index contributed by atoms with van der Waals surface area (Å²) in [6.07, 6.45) is -0.315. The maximum atomic E-state index is 12.1. The third kappa shape index (κ3) is 5.53. The van der Waals surface area contributed by atoms with E-state index >= 15 is 0 Å². The predicted molar refractivity (Wildman–Crippen MR) is 77.4 cm³/mol. The Hall–Kier alpha value is -2.14. The molecular formula is C12H15NO8S2. The Morgan fingerprint density at radius 1 is 1.04 bits per heavy atom. The van der Waals surface area contributed by atoms with Crippen molar-refractivity contribution in [1.82, 2.24) is 4.72 Å². The minimum Gasteiger partial charge on any atom is -0.247 e. The topological polar surface area (TPSA) is 133 Å². The molecule has 0 bridgehead atoms. The molecule has 0 aliphatic heterocycles.